The van der Waals surface area contributed by atoms with Crippen molar-refractivity contribution in [3.63, 3.8) is 0 Å². The standard InChI is InChI=1S/C22H23N5O5/c1-31-20(29)16-7-8-18(17(23)13-16)27-19(28)9-10-22(27,14-25-26-24)11-12-32-21(30)15-5-3-2-4-6-15/h2-8,13H,9-12,14,23H2,1H3. The molecule has 0 aromatic heterocycles. The van der Waals surface area contributed by atoms with Crippen molar-refractivity contribution in [1.29, 1.82) is 0 Å². The summed E-state index contributed by atoms with van der Waals surface area (Å²) in [6.07, 6.45) is 0.853. The Balaban J connectivity index is 1.86. The molecule has 1 amide bonds. The van der Waals surface area contributed by atoms with Crippen LogP contribution in [0.25, 0.3) is 10.4 Å². The number of rotatable bonds is 8. The summed E-state index contributed by atoms with van der Waals surface area (Å²) >= 11 is 0. The molecule has 2 aromatic carbocycles. The highest BCUT2D eigenvalue weighted by Crippen LogP contribution is 2.41. The molecular formula is C22H23N5O5. The molecule has 0 spiro atoms. The summed E-state index contributed by atoms with van der Waals surface area (Å²) in [6, 6.07) is 13.1. The molecule has 1 heterocycles. The molecule has 0 saturated carbocycles. The summed E-state index contributed by atoms with van der Waals surface area (Å²) in [5.41, 5.74) is 15.4. The normalized spacial score (nSPS) is 17.5. The van der Waals surface area contributed by atoms with Gasteiger partial charge in [0.15, 0.2) is 0 Å². The van der Waals surface area contributed by atoms with Gasteiger partial charge in [-0.2, -0.15) is 0 Å². The summed E-state index contributed by atoms with van der Waals surface area (Å²) in [5, 5.41) is 3.71. The lowest BCUT2D eigenvalue weighted by Gasteiger charge is -2.38. The third-order valence-electron chi connectivity index (χ3n) is 5.46. The second kappa shape index (κ2) is 9.84. The summed E-state index contributed by atoms with van der Waals surface area (Å²) < 4.78 is 10.1. The van der Waals surface area contributed by atoms with E-state index < -0.39 is 17.5 Å². The van der Waals surface area contributed by atoms with E-state index in [0.29, 0.717) is 17.7 Å². The van der Waals surface area contributed by atoms with Crippen LogP contribution in [0.3, 0.4) is 0 Å². The number of ether oxygens (including phenoxy) is 2. The predicted octanol–water partition coefficient (Wildman–Crippen LogP) is 3.48. The molecule has 1 saturated heterocycles. The Morgan fingerprint density at radius 1 is 1.19 bits per heavy atom. The lowest BCUT2D eigenvalue weighted by Crippen LogP contribution is -2.49. The first-order chi connectivity index (χ1) is 15.4. The van der Waals surface area contributed by atoms with E-state index in [0.717, 1.165) is 0 Å². The third kappa shape index (κ3) is 4.65. The molecule has 10 heteroatoms. The fourth-order valence-electron chi connectivity index (χ4n) is 3.84. The SMILES string of the molecule is COC(=O)c1ccc(N2C(=O)CCC2(CCOC(=O)c2ccccc2)CN=[N+]=[N-])c(N)c1. The fourth-order valence-corrected chi connectivity index (χ4v) is 3.84. The highest BCUT2D eigenvalue weighted by molar-refractivity contribution is 6.01. The van der Waals surface area contributed by atoms with Crippen molar-refractivity contribution in [2.24, 2.45) is 5.11 Å². The number of esters is 2. The van der Waals surface area contributed by atoms with Gasteiger partial charge in [0.25, 0.3) is 0 Å². The Labute approximate surface area is 184 Å². The van der Waals surface area contributed by atoms with Crippen LogP contribution in [0.15, 0.2) is 53.6 Å². The van der Waals surface area contributed by atoms with E-state index in [1.807, 2.05) is 0 Å². The maximum atomic E-state index is 12.8. The van der Waals surface area contributed by atoms with Crippen molar-refractivity contribution < 1.29 is 23.9 Å². The van der Waals surface area contributed by atoms with Crippen LogP contribution in [0, 0.1) is 0 Å². The monoisotopic (exact) mass is 437 g/mol. The average molecular weight is 437 g/mol. The molecule has 1 fully saturated rings. The van der Waals surface area contributed by atoms with Crippen molar-refractivity contribution in [1.82, 2.24) is 0 Å². The highest BCUT2D eigenvalue weighted by Gasteiger charge is 2.46. The number of azide groups is 1. The maximum absolute atomic E-state index is 12.8. The highest BCUT2D eigenvalue weighted by atomic mass is 16.5. The van der Waals surface area contributed by atoms with Crippen LogP contribution >= 0.6 is 0 Å². The molecule has 1 aliphatic rings. The zero-order chi connectivity index (χ0) is 23.1. The number of nitrogens with two attached hydrogens (primary N) is 1. The summed E-state index contributed by atoms with van der Waals surface area (Å²) in [4.78, 5) is 41.3. The minimum absolute atomic E-state index is 0.0125. The molecule has 166 valence electrons. The molecule has 1 aliphatic heterocycles. The molecule has 10 nitrogen and oxygen atoms in total. The largest absolute Gasteiger partial charge is 0.465 e. The number of hydrogen-bond acceptors (Lipinski definition) is 7. The average Bonchev–Trinajstić information content (AvgIpc) is 3.13. The van der Waals surface area contributed by atoms with Gasteiger partial charge in [0, 0.05) is 24.3 Å². The fraction of sp³-hybridized carbons (Fsp3) is 0.318. The van der Waals surface area contributed by atoms with Crippen LogP contribution in [0.5, 0.6) is 0 Å². The minimum Gasteiger partial charge on any atom is -0.465 e. The van der Waals surface area contributed by atoms with E-state index in [-0.39, 0.29) is 43.2 Å². The Hall–Kier alpha value is -4.04. The van der Waals surface area contributed by atoms with Crippen LogP contribution < -0.4 is 10.6 Å². The first-order valence-electron chi connectivity index (χ1n) is 9.96. The molecule has 0 bridgehead atoms. The molecule has 2 N–H and O–H groups in total. The molecule has 0 aliphatic carbocycles. The van der Waals surface area contributed by atoms with E-state index in [4.69, 9.17) is 20.7 Å². The maximum Gasteiger partial charge on any atom is 0.338 e. The number of nitrogens with zero attached hydrogens (tertiary/aromatic N) is 4. The molecular weight excluding hydrogens is 414 g/mol. The molecule has 2 aromatic rings. The van der Waals surface area contributed by atoms with Crippen molar-refractivity contribution in [2.45, 2.75) is 24.8 Å². The molecule has 1 unspecified atom stereocenters. The lowest BCUT2D eigenvalue weighted by molar-refractivity contribution is -0.117. The molecule has 3 rings (SSSR count). The zero-order valence-electron chi connectivity index (χ0n) is 17.6. The Morgan fingerprint density at radius 3 is 2.59 bits per heavy atom. The number of amides is 1. The van der Waals surface area contributed by atoms with Gasteiger partial charge in [0.1, 0.15) is 0 Å². The first kappa shape index (κ1) is 22.6. The number of methoxy groups -OCH3 is 1. The van der Waals surface area contributed by atoms with Crippen LogP contribution in [-0.4, -0.2) is 43.6 Å². The van der Waals surface area contributed by atoms with Crippen LogP contribution in [0.4, 0.5) is 11.4 Å². The van der Waals surface area contributed by atoms with Crippen LogP contribution in [0.1, 0.15) is 40.0 Å². The van der Waals surface area contributed by atoms with Crippen LogP contribution in [0.2, 0.25) is 0 Å². The van der Waals surface area contributed by atoms with E-state index in [1.54, 1.807) is 36.4 Å². The Morgan fingerprint density at radius 2 is 1.94 bits per heavy atom. The summed E-state index contributed by atoms with van der Waals surface area (Å²) in [5.74, 6) is -1.24. The number of carbonyl (C=O) groups excluding carboxylic acids is 3. The third-order valence-corrected chi connectivity index (χ3v) is 5.46. The van der Waals surface area contributed by atoms with Gasteiger partial charge in [-0.05, 0) is 42.3 Å². The van der Waals surface area contributed by atoms with Gasteiger partial charge >= 0.3 is 11.9 Å². The quantitative estimate of drug-likeness (QED) is 0.220. The first-order valence-corrected chi connectivity index (χ1v) is 9.96. The van der Waals surface area contributed by atoms with E-state index in [1.165, 1.54) is 24.1 Å². The lowest BCUT2D eigenvalue weighted by atomic mass is 9.91. The number of benzene rings is 2. The molecule has 1 atom stereocenters. The van der Waals surface area contributed by atoms with Gasteiger partial charge in [-0.25, -0.2) is 9.59 Å². The van der Waals surface area contributed by atoms with Gasteiger partial charge in [0.2, 0.25) is 5.91 Å². The molecule has 32 heavy (non-hydrogen) atoms. The van der Waals surface area contributed by atoms with E-state index >= 15 is 0 Å². The topological polar surface area (TPSA) is 148 Å². The van der Waals surface area contributed by atoms with Crippen molar-refractivity contribution in [3.05, 3.63) is 70.1 Å². The van der Waals surface area contributed by atoms with Gasteiger partial charge < -0.3 is 20.1 Å². The Bertz CT molecular complexity index is 1070. The van der Waals surface area contributed by atoms with Crippen molar-refractivity contribution in [2.75, 3.05) is 30.9 Å². The number of carbonyl (C=O) groups is 3. The molecule has 0 radical (unpaired) electrons. The number of nitrogen functional groups attached to an aromatic ring is 1. The van der Waals surface area contributed by atoms with Crippen molar-refractivity contribution >= 4 is 29.2 Å². The zero-order valence-corrected chi connectivity index (χ0v) is 17.6. The smallest absolute Gasteiger partial charge is 0.338 e. The van der Waals surface area contributed by atoms with Gasteiger partial charge in [-0.1, -0.05) is 23.3 Å². The minimum atomic E-state index is -0.915. The van der Waals surface area contributed by atoms with Gasteiger partial charge in [-0.3, -0.25) is 4.79 Å². The second-order valence-corrected chi connectivity index (χ2v) is 7.36. The van der Waals surface area contributed by atoms with E-state index in [2.05, 4.69) is 10.0 Å². The summed E-state index contributed by atoms with van der Waals surface area (Å²) in [7, 11) is 1.26. The second-order valence-electron chi connectivity index (χ2n) is 7.36. The van der Waals surface area contributed by atoms with Gasteiger partial charge in [-0.15, -0.1) is 0 Å². The van der Waals surface area contributed by atoms with Crippen molar-refractivity contribution in [3.8, 4) is 0 Å². The number of hydrogen-bond donors (Lipinski definition) is 1. The number of anilines is 2. The van der Waals surface area contributed by atoms with Gasteiger partial charge in [0.05, 0.1) is 41.8 Å². The summed E-state index contributed by atoms with van der Waals surface area (Å²) in [6.45, 7) is -0.00503. The van der Waals surface area contributed by atoms with Crippen LogP contribution in [-0.2, 0) is 14.3 Å². The Kier molecular flexibility index (Phi) is 6.97. The van der Waals surface area contributed by atoms with E-state index in [9.17, 15) is 14.4 Å². The predicted molar refractivity (Wildman–Crippen MR) is 117 cm³/mol.